The molecule has 2 N–H and O–H groups in total. The summed E-state index contributed by atoms with van der Waals surface area (Å²) in [7, 11) is 3.96. The smallest absolute Gasteiger partial charge is 0.319 e. The van der Waals surface area contributed by atoms with Crippen LogP contribution in [0.25, 0.3) is 10.9 Å². The van der Waals surface area contributed by atoms with Crippen LogP contribution >= 0.6 is 0 Å². The molecule has 0 atom stereocenters. The van der Waals surface area contributed by atoms with Gasteiger partial charge in [0, 0.05) is 49.0 Å². The van der Waals surface area contributed by atoms with E-state index < -0.39 is 17.7 Å². The zero-order valence-corrected chi connectivity index (χ0v) is 21.4. The number of nitrogens with zero attached hydrogens (tertiary/aromatic N) is 4. The predicted octanol–water partition coefficient (Wildman–Crippen LogP) is 6.25. The van der Waals surface area contributed by atoms with Crippen molar-refractivity contribution in [1.29, 1.82) is 0 Å². The van der Waals surface area contributed by atoms with Gasteiger partial charge in [-0.05, 0) is 62.1 Å². The van der Waals surface area contributed by atoms with E-state index in [-0.39, 0.29) is 17.8 Å². The number of benzene rings is 3. The standard InChI is InChI=1S/C29H30F2N6O/c1-36(2)27-23-10-6-7-11-26(23)34-28(35-27)37(21-8-4-3-5-9-21)22-15-12-19(13-16-22)32-29(38)33-20-14-17-24(30)25(31)18-20/h3-11,14,17-19,22H,12-13,15-16H2,1-2H3,(H2,32,33,38). The lowest BCUT2D eigenvalue weighted by atomic mass is 9.90. The summed E-state index contributed by atoms with van der Waals surface area (Å²) in [5, 5.41) is 6.55. The SMILES string of the molecule is CN(C)c1nc(N(c2ccccc2)C2CCC(NC(=O)Nc3ccc(F)c(F)c3)CC2)nc2ccccc12. The molecular weight excluding hydrogens is 486 g/mol. The fourth-order valence-corrected chi connectivity index (χ4v) is 4.98. The van der Waals surface area contributed by atoms with Crippen molar-refractivity contribution >= 4 is 40.1 Å². The Hall–Kier alpha value is -4.27. The minimum atomic E-state index is -1.00. The zero-order chi connectivity index (χ0) is 26.6. The first-order chi connectivity index (χ1) is 18.4. The summed E-state index contributed by atoms with van der Waals surface area (Å²) in [6.45, 7) is 0. The fraction of sp³-hybridized carbons (Fsp3) is 0.276. The van der Waals surface area contributed by atoms with Gasteiger partial charge in [0.15, 0.2) is 11.6 Å². The molecule has 1 aliphatic carbocycles. The van der Waals surface area contributed by atoms with E-state index in [1.807, 2.05) is 61.5 Å². The molecule has 1 aliphatic rings. The summed E-state index contributed by atoms with van der Waals surface area (Å²) in [4.78, 5) is 26.6. The molecular formula is C29H30F2N6O. The second-order valence-electron chi connectivity index (χ2n) is 9.70. The van der Waals surface area contributed by atoms with Crippen LogP contribution in [0.15, 0.2) is 72.8 Å². The monoisotopic (exact) mass is 516 g/mol. The van der Waals surface area contributed by atoms with E-state index in [2.05, 4.69) is 27.7 Å². The van der Waals surface area contributed by atoms with Crippen molar-refractivity contribution < 1.29 is 13.6 Å². The number of hydrogen-bond acceptors (Lipinski definition) is 5. The highest BCUT2D eigenvalue weighted by molar-refractivity contribution is 5.91. The number of para-hydroxylation sites is 2. The molecule has 4 aromatic rings. The van der Waals surface area contributed by atoms with Crippen LogP contribution < -0.4 is 20.4 Å². The molecule has 9 heteroatoms. The van der Waals surface area contributed by atoms with E-state index in [9.17, 15) is 13.6 Å². The predicted molar refractivity (Wildman–Crippen MR) is 147 cm³/mol. The van der Waals surface area contributed by atoms with Crippen molar-refractivity contribution in [3.63, 3.8) is 0 Å². The number of fused-ring (bicyclic) bond motifs is 1. The largest absolute Gasteiger partial charge is 0.362 e. The molecule has 1 heterocycles. The number of nitrogens with one attached hydrogen (secondary N) is 2. The molecule has 7 nitrogen and oxygen atoms in total. The minimum absolute atomic E-state index is 0.0379. The van der Waals surface area contributed by atoms with Crippen LogP contribution in [0.1, 0.15) is 25.7 Å². The van der Waals surface area contributed by atoms with Gasteiger partial charge >= 0.3 is 6.03 Å². The van der Waals surface area contributed by atoms with Gasteiger partial charge in [-0.25, -0.2) is 18.6 Å². The molecule has 3 aromatic carbocycles. The van der Waals surface area contributed by atoms with Crippen molar-refractivity contribution in [3.8, 4) is 0 Å². The molecule has 5 rings (SSSR count). The Kier molecular flexibility index (Phi) is 7.35. The quantitative estimate of drug-likeness (QED) is 0.317. The van der Waals surface area contributed by atoms with Crippen molar-refractivity contribution in [2.24, 2.45) is 0 Å². The number of amides is 2. The van der Waals surface area contributed by atoms with Crippen LogP contribution in [0.4, 0.5) is 36.7 Å². The summed E-state index contributed by atoms with van der Waals surface area (Å²) in [5.74, 6) is -0.454. The molecule has 0 spiro atoms. The second-order valence-corrected chi connectivity index (χ2v) is 9.70. The van der Waals surface area contributed by atoms with Gasteiger partial charge < -0.3 is 20.4 Å². The second kappa shape index (κ2) is 11.0. The van der Waals surface area contributed by atoms with Crippen molar-refractivity contribution in [2.45, 2.75) is 37.8 Å². The lowest BCUT2D eigenvalue weighted by Gasteiger charge is -2.37. The average Bonchev–Trinajstić information content (AvgIpc) is 2.92. The number of rotatable bonds is 6. The Labute approximate surface area is 220 Å². The number of aromatic nitrogens is 2. The first-order valence-corrected chi connectivity index (χ1v) is 12.7. The number of carbonyl (C=O) groups excluding carboxylic acids is 1. The summed E-state index contributed by atoms with van der Waals surface area (Å²) in [6, 6.07) is 21.1. The Morgan fingerprint density at radius 1 is 0.868 bits per heavy atom. The molecule has 1 fully saturated rings. The van der Waals surface area contributed by atoms with E-state index in [0.29, 0.717) is 5.95 Å². The number of carbonyl (C=O) groups is 1. The maximum atomic E-state index is 13.5. The lowest BCUT2D eigenvalue weighted by Crippen LogP contribution is -2.44. The van der Waals surface area contributed by atoms with Crippen molar-refractivity contribution in [2.75, 3.05) is 29.2 Å². The van der Waals surface area contributed by atoms with E-state index >= 15 is 0 Å². The van der Waals surface area contributed by atoms with Gasteiger partial charge in [0.25, 0.3) is 0 Å². The highest BCUT2D eigenvalue weighted by atomic mass is 19.2. The van der Waals surface area contributed by atoms with Crippen LogP contribution in [0, 0.1) is 11.6 Å². The van der Waals surface area contributed by atoms with Gasteiger partial charge in [0.2, 0.25) is 5.95 Å². The van der Waals surface area contributed by atoms with Crippen molar-refractivity contribution in [3.05, 3.63) is 84.4 Å². The van der Waals surface area contributed by atoms with Gasteiger partial charge in [0.05, 0.1) is 5.52 Å². The van der Waals surface area contributed by atoms with E-state index in [1.165, 1.54) is 6.07 Å². The van der Waals surface area contributed by atoms with Gasteiger partial charge in [-0.3, -0.25) is 0 Å². The molecule has 0 aliphatic heterocycles. The number of hydrogen-bond donors (Lipinski definition) is 2. The Morgan fingerprint density at radius 3 is 2.29 bits per heavy atom. The number of anilines is 4. The summed E-state index contributed by atoms with van der Waals surface area (Å²) in [6.07, 6.45) is 3.15. The Morgan fingerprint density at radius 2 is 1.58 bits per heavy atom. The van der Waals surface area contributed by atoms with Gasteiger partial charge in [-0.1, -0.05) is 30.3 Å². The maximum Gasteiger partial charge on any atom is 0.319 e. The third kappa shape index (κ3) is 5.51. The Balaban J connectivity index is 1.34. The zero-order valence-electron chi connectivity index (χ0n) is 21.4. The van der Waals surface area contributed by atoms with Gasteiger partial charge in [-0.2, -0.15) is 4.98 Å². The van der Waals surface area contributed by atoms with Gasteiger partial charge in [0.1, 0.15) is 5.82 Å². The average molecular weight is 517 g/mol. The van der Waals surface area contributed by atoms with Crippen LogP contribution in [-0.2, 0) is 0 Å². The topological polar surface area (TPSA) is 73.4 Å². The molecule has 196 valence electrons. The molecule has 0 radical (unpaired) electrons. The number of urea groups is 1. The molecule has 1 saturated carbocycles. The molecule has 0 unspecified atom stereocenters. The first-order valence-electron chi connectivity index (χ1n) is 12.7. The minimum Gasteiger partial charge on any atom is -0.362 e. The Bertz CT molecular complexity index is 1420. The van der Waals surface area contributed by atoms with Crippen LogP contribution in [0.5, 0.6) is 0 Å². The van der Waals surface area contributed by atoms with Crippen LogP contribution in [0.2, 0.25) is 0 Å². The van der Waals surface area contributed by atoms with E-state index in [0.717, 1.165) is 60.2 Å². The van der Waals surface area contributed by atoms with Crippen LogP contribution in [0.3, 0.4) is 0 Å². The molecule has 38 heavy (non-hydrogen) atoms. The van der Waals surface area contributed by atoms with E-state index in [1.54, 1.807) is 0 Å². The maximum absolute atomic E-state index is 13.5. The third-order valence-electron chi connectivity index (χ3n) is 6.82. The molecule has 0 saturated heterocycles. The summed E-state index contributed by atoms with van der Waals surface area (Å²) >= 11 is 0. The van der Waals surface area contributed by atoms with Gasteiger partial charge in [-0.15, -0.1) is 0 Å². The van der Waals surface area contributed by atoms with Crippen molar-refractivity contribution in [1.82, 2.24) is 15.3 Å². The normalized spacial score (nSPS) is 17.2. The highest BCUT2D eigenvalue weighted by Crippen LogP contribution is 2.35. The molecule has 1 aromatic heterocycles. The molecule has 0 bridgehead atoms. The first kappa shape index (κ1) is 25.4. The number of halogens is 2. The highest BCUT2D eigenvalue weighted by Gasteiger charge is 2.30. The van der Waals surface area contributed by atoms with E-state index in [4.69, 9.17) is 9.97 Å². The lowest BCUT2D eigenvalue weighted by molar-refractivity contribution is 0.242. The third-order valence-corrected chi connectivity index (χ3v) is 6.82. The summed E-state index contributed by atoms with van der Waals surface area (Å²) < 4.78 is 26.7. The summed E-state index contributed by atoms with van der Waals surface area (Å²) in [5.41, 5.74) is 2.10. The fourth-order valence-electron chi connectivity index (χ4n) is 4.98. The van der Waals surface area contributed by atoms with Crippen LogP contribution in [-0.4, -0.2) is 42.2 Å². The molecule has 2 amide bonds.